The molecule has 2 rings (SSSR count). The van der Waals surface area contributed by atoms with E-state index in [0.29, 0.717) is 11.6 Å². The lowest BCUT2D eigenvalue weighted by Gasteiger charge is -2.20. The van der Waals surface area contributed by atoms with E-state index in [1.165, 1.54) is 0 Å². The van der Waals surface area contributed by atoms with Gasteiger partial charge in [0.1, 0.15) is 5.69 Å². The lowest BCUT2D eigenvalue weighted by molar-refractivity contribution is 0.102. The minimum Gasteiger partial charge on any atom is -0.350 e. The molecule has 23 heavy (non-hydrogen) atoms. The van der Waals surface area contributed by atoms with Crippen molar-refractivity contribution in [1.29, 1.82) is 0 Å². The lowest BCUT2D eigenvalue weighted by atomic mass is 10.1. The fourth-order valence-corrected chi connectivity index (χ4v) is 2.24. The summed E-state index contributed by atoms with van der Waals surface area (Å²) in [5, 5.41) is 6.05. The second kappa shape index (κ2) is 6.66. The van der Waals surface area contributed by atoms with E-state index in [0.717, 1.165) is 21.4 Å². The third-order valence-corrected chi connectivity index (χ3v) is 3.88. The predicted octanol–water partition coefficient (Wildman–Crippen LogP) is 4.32. The van der Waals surface area contributed by atoms with Crippen LogP contribution in [0.1, 0.15) is 42.5 Å². The predicted molar refractivity (Wildman–Crippen MR) is 97.0 cm³/mol. The molecule has 6 heteroatoms. The number of nitrogens with one attached hydrogen (secondary N) is 2. The van der Waals surface area contributed by atoms with E-state index in [1.807, 2.05) is 52.8 Å². The zero-order chi connectivity index (χ0) is 17.2. The van der Waals surface area contributed by atoms with E-state index in [9.17, 15) is 4.79 Å². The van der Waals surface area contributed by atoms with Gasteiger partial charge in [-0.1, -0.05) is 15.9 Å². The zero-order valence-corrected chi connectivity index (χ0v) is 15.6. The van der Waals surface area contributed by atoms with Crippen molar-refractivity contribution in [3.63, 3.8) is 0 Å². The van der Waals surface area contributed by atoms with Gasteiger partial charge in [-0.25, -0.2) is 9.97 Å². The molecule has 0 spiro atoms. The van der Waals surface area contributed by atoms with Crippen molar-refractivity contribution in [3.05, 3.63) is 45.7 Å². The minimum absolute atomic E-state index is 0.176. The number of aromatic nitrogens is 2. The number of benzene rings is 1. The molecular weight excluding hydrogens is 356 g/mol. The van der Waals surface area contributed by atoms with Gasteiger partial charge in [0.25, 0.3) is 5.91 Å². The second-order valence-corrected chi connectivity index (χ2v) is 7.37. The standard InChI is InChI=1S/C17H21BrN4O/c1-10-8-12(6-7-13(10)18)20-15(23)14-9-11(2)19-16(21-14)22-17(3,4)5/h6-9H,1-5H3,(H,20,23)(H,19,21,22). The molecule has 1 aromatic heterocycles. The summed E-state index contributed by atoms with van der Waals surface area (Å²) in [6.07, 6.45) is 0. The van der Waals surface area contributed by atoms with Crippen molar-refractivity contribution < 1.29 is 4.79 Å². The smallest absolute Gasteiger partial charge is 0.274 e. The monoisotopic (exact) mass is 376 g/mol. The molecule has 0 fully saturated rings. The highest BCUT2D eigenvalue weighted by Crippen LogP contribution is 2.20. The minimum atomic E-state index is -0.255. The molecule has 0 aliphatic rings. The first-order chi connectivity index (χ1) is 10.6. The normalized spacial score (nSPS) is 11.2. The van der Waals surface area contributed by atoms with E-state index in [-0.39, 0.29) is 11.4 Å². The van der Waals surface area contributed by atoms with E-state index in [1.54, 1.807) is 6.07 Å². The number of hydrogen-bond donors (Lipinski definition) is 2. The SMILES string of the molecule is Cc1cc(C(=O)Nc2ccc(Br)c(C)c2)nc(NC(C)(C)C)n1. The molecule has 0 bridgehead atoms. The summed E-state index contributed by atoms with van der Waals surface area (Å²) in [7, 11) is 0. The van der Waals surface area contributed by atoms with Gasteiger partial charge in [0.05, 0.1) is 0 Å². The van der Waals surface area contributed by atoms with Crippen LogP contribution >= 0.6 is 15.9 Å². The van der Waals surface area contributed by atoms with Crippen molar-refractivity contribution in [2.45, 2.75) is 40.2 Å². The highest BCUT2D eigenvalue weighted by atomic mass is 79.9. The molecule has 0 unspecified atom stereocenters. The molecule has 5 nitrogen and oxygen atoms in total. The van der Waals surface area contributed by atoms with Crippen LogP contribution in [-0.4, -0.2) is 21.4 Å². The summed E-state index contributed by atoms with van der Waals surface area (Å²) in [6, 6.07) is 7.33. The Morgan fingerprint density at radius 3 is 2.43 bits per heavy atom. The van der Waals surface area contributed by atoms with Crippen molar-refractivity contribution in [2.24, 2.45) is 0 Å². The quantitative estimate of drug-likeness (QED) is 0.836. The second-order valence-electron chi connectivity index (χ2n) is 6.51. The Bertz CT molecular complexity index is 738. The first-order valence-corrected chi connectivity index (χ1v) is 8.15. The van der Waals surface area contributed by atoms with E-state index in [4.69, 9.17) is 0 Å². The van der Waals surface area contributed by atoms with Crippen LogP contribution in [0.2, 0.25) is 0 Å². The molecule has 1 aromatic carbocycles. The number of carbonyl (C=O) groups excluding carboxylic acids is 1. The molecule has 0 aliphatic heterocycles. The summed E-state index contributed by atoms with van der Waals surface area (Å²) in [4.78, 5) is 21.1. The molecule has 0 atom stereocenters. The first-order valence-electron chi connectivity index (χ1n) is 7.35. The van der Waals surface area contributed by atoms with Crippen LogP contribution < -0.4 is 10.6 Å². The summed E-state index contributed by atoms with van der Waals surface area (Å²) in [5.74, 6) is 0.198. The van der Waals surface area contributed by atoms with E-state index in [2.05, 4.69) is 36.5 Å². The first kappa shape index (κ1) is 17.4. The largest absolute Gasteiger partial charge is 0.350 e. The average Bonchev–Trinajstić information content (AvgIpc) is 2.40. The Kier molecular flexibility index (Phi) is 5.04. The van der Waals surface area contributed by atoms with Crippen molar-refractivity contribution >= 4 is 33.5 Å². The van der Waals surface area contributed by atoms with Gasteiger partial charge in [0, 0.05) is 21.4 Å². The van der Waals surface area contributed by atoms with Crippen LogP contribution in [0.15, 0.2) is 28.7 Å². The van der Waals surface area contributed by atoms with Gasteiger partial charge in [-0.2, -0.15) is 0 Å². The maximum atomic E-state index is 12.4. The molecule has 2 N–H and O–H groups in total. The van der Waals surface area contributed by atoms with Crippen LogP contribution in [0.4, 0.5) is 11.6 Å². The van der Waals surface area contributed by atoms with Crippen LogP contribution in [0.5, 0.6) is 0 Å². The van der Waals surface area contributed by atoms with Crippen LogP contribution in [-0.2, 0) is 0 Å². The van der Waals surface area contributed by atoms with Crippen LogP contribution in [0, 0.1) is 13.8 Å². The summed E-state index contributed by atoms with van der Waals surface area (Å²) in [6.45, 7) is 9.87. The number of rotatable bonds is 3. The number of aryl methyl sites for hydroxylation is 2. The topological polar surface area (TPSA) is 66.9 Å². The number of carbonyl (C=O) groups is 1. The van der Waals surface area contributed by atoms with Gasteiger partial charge in [0.2, 0.25) is 5.95 Å². The fourth-order valence-electron chi connectivity index (χ4n) is 1.99. The number of nitrogens with zero attached hydrogens (tertiary/aromatic N) is 2. The summed E-state index contributed by atoms with van der Waals surface area (Å²) in [5.41, 5.74) is 2.69. The average molecular weight is 377 g/mol. The van der Waals surface area contributed by atoms with Gasteiger partial charge < -0.3 is 10.6 Å². The molecule has 2 aromatic rings. The molecule has 0 saturated carbocycles. The fraction of sp³-hybridized carbons (Fsp3) is 0.353. The highest BCUT2D eigenvalue weighted by Gasteiger charge is 2.15. The summed E-state index contributed by atoms with van der Waals surface area (Å²) < 4.78 is 1.00. The Morgan fingerprint density at radius 1 is 1.13 bits per heavy atom. The summed E-state index contributed by atoms with van der Waals surface area (Å²) >= 11 is 3.45. The number of halogens is 1. The van der Waals surface area contributed by atoms with Gasteiger partial charge in [0.15, 0.2) is 0 Å². The van der Waals surface area contributed by atoms with Crippen molar-refractivity contribution in [3.8, 4) is 0 Å². The molecule has 122 valence electrons. The lowest BCUT2D eigenvalue weighted by Crippen LogP contribution is -2.28. The van der Waals surface area contributed by atoms with Crippen molar-refractivity contribution in [2.75, 3.05) is 10.6 Å². The van der Waals surface area contributed by atoms with Crippen molar-refractivity contribution in [1.82, 2.24) is 9.97 Å². The Labute approximate surface area is 145 Å². The maximum absolute atomic E-state index is 12.4. The van der Waals surface area contributed by atoms with Crippen LogP contribution in [0.3, 0.4) is 0 Å². The van der Waals surface area contributed by atoms with Gasteiger partial charge in [-0.3, -0.25) is 4.79 Å². The molecule has 1 amide bonds. The molecule has 0 saturated heterocycles. The molecular formula is C17H21BrN4O. The molecule has 0 radical (unpaired) electrons. The van der Waals surface area contributed by atoms with E-state index < -0.39 is 0 Å². The zero-order valence-electron chi connectivity index (χ0n) is 14.0. The maximum Gasteiger partial charge on any atom is 0.274 e. The Morgan fingerprint density at radius 2 is 1.83 bits per heavy atom. The third kappa shape index (κ3) is 5.03. The molecule has 0 aliphatic carbocycles. The number of hydrogen-bond acceptors (Lipinski definition) is 4. The van der Waals surface area contributed by atoms with Gasteiger partial charge in [-0.05, 0) is 64.4 Å². The number of amides is 1. The Balaban J connectivity index is 2.23. The third-order valence-electron chi connectivity index (χ3n) is 2.99. The van der Waals surface area contributed by atoms with Gasteiger partial charge >= 0.3 is 0 Å². The van der Waals surface area contributed by atoms with Crippen LogP contribution in [0.25, 0.3) is 0 Å². The highest BCUT2D eigenvalue weighted by molar-refractivity contribution is 9.10. The van der Waals surface area contributed by atoms with E-state index >= 15 is 0 Å². The molecule has 1 heterocycles. The Hall–Kier alpha value is -1.95. The van der Waals surface area contributed by atoms with Gasteiger partial charge in [-0.15, -0.1) is 0 Å². The number of anilines is 2.